The molecule has 2 rings (SSSR count). The molecule has 0 atom stereocenters. The van der Waals surface area contributed by atoms with E-state index in [-0.39, 0.29) is 11.6 Å². The Balaban J connectivity index is 2.26. The number of hydrogen-bond donors (Lipinski definition) is 0. The van der Waals surface area contributed by atoms with Crippen LogP contribution in [0.5, 0.6) is 11.5 Å². The van der Waals surface area contributed by atoms with Gasteiger partial charge in [-0.15, -0.1) is 0 Å². The summed E-state index contributed by atoms with van der Waals surface area (Å²) >= 11 is 5.88. The van der Waals surface area contributed by atoms with Gasteiger partial charge >= 0.3 is 0 Å². The van der Waals surface area contributed by atoms with Crippen LogP contribution >= 0.6 is 11.6 Å². The summed E-state index contributed by atoms with van der Waals surface area (Å²) in [4.78, 5) is 11.1. The molecule has 0 saturated heterocycles. The third-order valence-corrected chi connectivity index (χ3v) is 3.26. The normalized spacial score (nSPS) is 10.2. The van der Waals surface area contributed by atoms with E-state index in [1.54, 1.807) is 30.3 Å². The maximum absolute atomic E-state index is 13.4. The van der Waals surface area contributed by atoms with Gasteiger partial charge in [-0.25, -0.2) is 4.39 Å². The van der Waals surface area contributed by atoms with Crippen LogP contribution in [0, 0.1) is 5.82 Å². The Morgan fingerprint density at radius 1 is 1.19 bits per heavy atom. The number of ether oxygens (including phenoxy) is 2. The lowest BCUT2D eigenvalue weighted by atomic mass is 10.2. The van der Waals surface area contributed by atoms with Crippen molar-refractivity contribution >= 4 is 17.9 Å². The quantitative estimate of drug-likeness (QED) is 0.748. The zero-order valence-corrected chi connectivity index (χ0v) is 12.2. The van der Waals surface area contributed by atoms with Crippen molar-refractivity contribution in [2.75, 3.05) is 6.61 Å². The summed E-state index contributed by atoms with van der Waals surface area (Å²) in [5.74, 6) is 0.288. The van der Waals surface area contributed by atoms with Crippen molar-refractivity contribution < 1.29 is 18.7 Å². The van der Waals surface area contributed by atoms with Crippen LogP contribution in [0.4, 0.5) is 4.39 Å². The van der Waals surface area contributed by atoms with Crippen LogP contribution in [0.25, 0.3) is 0 Å². The minimum absolute atomic E-state index is 0.0130. The molecule has 3 nitrogen and oxygen atoms in total. The topological polar surface area (TPSA) is 35.5 Å². The van der Waals surface area contributed by atoms with Gasteiger partial charge in [-0.05, 0) is 25.1 Å². The lowest BCUT2D eigenvalue weighted by Gasteiger charge is -2.14. The molecule has 0 spiro atoms. The Labute approximate surface area is 127 Å². The summed E-state index contributed by atoms with van der Waals surface area (Å²) in [7, 11) is 0. The molecule has 0 amide bonds. The zero-order chi connectivity index (χ0) is 15.2. The summed E-state index contributed by atoms with van der Waals surface area (Å²) in [5, 5.41) is 0.0130. The molecule has 2 aromatic rings. The Kier molecular flexibility index (Phi) is 5.17. The first-order valence-electron chi connectivity index (χ1n) is 6.44. The Bertz CT molecular complexity index is 643. The third kappa shape index (κ3) is 3.52. The molecule has 0 N–H and O–H groups in total. The maximum Gasteiger partial charge on any atom is 0.172 e. The number of rotatable bonds is 6. The molecule has 110 valence electrons. The van der Waals surface area contributed by atoms with Gasteiger partial charge in [0.2, 0.25) is 0 Å². The van der Waals surface area contributed by atoms with Crippen molar-refractivity contribution in [3.05, 3.63) is 58.4 Å². The van der Waals surface area contributed by atoms with Crippen LogP contribution < -0.4 is 9.47 Å². The second-order valence-corrected chi connectivity index (χ2v) is 4.60. The highest BCUT2D eigenvalue weighted by atomic mass is 35.5. The minimum Gasteiger partial charge on any atom is -0.490 e. The molecule has 0 bridgehead atoms. The SMILES string of the molecule is CCOc1cccc(C=O)c1OCc1cccc(F)c1Cl. The van der Waals surface area contributed by atoms with Crippen LogP contribution in [0.2, 0.25) is 5.02 Å². The molecule has 21 heavy (non-hydrogen) atoms. The van der Waals surface area contributed by atoms with E-state index in [0.29, 0.717) is 35.5 Å². The van der Waals surface area contributed by atoms with Crippen molar-refractivity contribution in [1.82, 2.24) is 0 Å². The van der Waals surface area contributed by atoms with Crippen molar-refractivity contribution in [1.29, 1.82) is 0 Å². The first kappa shape index (κ1) is 15.3. The molecule has 0 unspecified atom stereocenters. The second-order valence-electron chi connectivity index (χ2n) is 4.23. The smallest absolute Gasteiger partial charge is 0.172 e. The molecule has 0 aliphatic rings. The van der Waals surface area contributed by atoms with Gasteiger partial charge in [0.25, 0.3) is 0 Å². The molecule has 0 aliphatic heterocycles. The Morgan fingerprint density at radius 2 is 1.95 bits per heavy atom. The summed E-state index contributed by atoms with van der Waals surface area (Å²) in [6.07, 6.45) is 0.686. The molecule has 0 aliphatic carbocycles. The second kappa shape index (κ2) is 7.09. The van der Waals surface area contributed by atoms with Gasteiger partial charge in [0, 0.05) is 5.56 Å². The summed E-state index contributed by atoms with van der Waals surface area (Å²) < 4.78 is 24.4. The first-order chi connectivity index (χ1) is 10.2. The summed E-state index contributed by atoms with van der Waals surface area (Å²) in [6.45, 7) is 2.32. The number of carbonyl (C=O) groups excluding carboxylic acids is 1. The highest BCUT2D eigenvalue weighted by Crippen LogP contribution is 2.32. The molecule has 0 heterocycles. The average molecular weight is 309 g/mol. The van der Waals surface area contributed by atoms with Gasteiger partial charge in [0.05, 0.1) is 17.2 Å². The number of hydrogen-bond acceptors (Lipinski definition) is 3. The Hall–Kier alpha value is -2.07. The van der Waals surface area contributed by atoms with Crippen LogP contribution in [0.15, 0.2) is 36.4 Å². The lowest BCUT2D eigenvalue weighted by Crippen LogP contribution is -2.03. The largest absolute Gasteiger partial charge is 0.490 e. The van der Waals surface area contributed by atoms with Gasteiger partial charge in [-0.1, -0.05) is 29.8 Å². The van der Waals surface area contributed by atoms with E-state index in [0.717, 1.165) is 0 Å². The fourth-order valence-electron chi connectivity index (χ4n) is 1.86. The van der Waals surface area contributed by atoms with Crippen molar-refractivity contribution in [3.8, 4) is 11.5 Å². The summed E-state index contributed by atoms with van der Waals surface area (Å²) in [5.41, 5.74) is 0.869. The van der Waals surface area contributed by atoms with Gasteiger partial charge in [-0.2, -0.15) is 0 Å². The zero-order valence-electron chi connectivity index (χ0n) is 11.4. The minimum atomic E-state index is -0.508. The molecule has 2 aromatic carbocycles. The average Bonchev–Trinajstić information content (AvgIpc) is 2.49. The van der Waals surface area contributed by atoms with Gasteiger partial charge in [0.1, 0.15) is 12.4 Å². The summed E-state index contributed by atoms with van der Waals surface area (Å²) in [6, 6.07) is 9.52. The number of carbonyl (C=O) groups is 1. The van der Waals surface area contributed by atoms with E-state index >= 15 is 0 Å². The fourth-order valence-corrected chi connectivity index (χ4v) is 2.04. The predicted molar refractivity (Wildman–Crippen MR) is 78.7 cm³/mol. The van der Waals surface area contributed by atoms with Gasteiger partial charge in [0.15, 0.2) is 17.8 Å². The van der Waals surface area contributed by atoms with Gasteiger partial charge < -0.3 is 9.47 Å². The number of aldehydes is 1. The highest BCUT2D eigenvalue weighted by Gasteiger charge is 2.12. The maximum atomic E-state index is 13.4. The van der Waals surface area contributed by atoms with Crippen LogP contribution in [0.1, 0.15) is 22.8 Å². The molecule has 0 saturated carbocycles. The monoisotopic (exact) mass is 308 g/mol. The first-order valence-corrected chi connectivity index (χ1v) is 6.81. The van der Waals surface area contributed by atoms with E-state index in [2.05, 4.69) is 0 Å². The lowest BCUT2D eigenvalue weighted by molar-refractivity contribution is 0.111. The van der Waals surface area contributed by atoms with E-state index in [1.165, 1.54) is 6.07 Å². The van der Waals surface area contributed by atoms with Crippen molar-refractivity contribution in [2.24, 2.45) is 0 Å². The van der Waals surface area contributed by atoms with Crippen LogP contribution in [-0.2, 0) is 6.61 Å². The number of halogens is 2. The predicted octanol–water partition coefficient (Wildman–Crippen LogP) is 4.27. The standard InChI is InChI=1S/C16H14ClFO3/c1-2-20-14-8-4-5-11(9-19)16(14)21-10-12-6-3-7-13(18)15(12)17/h3-9H,2,10H2,1H3. The fraction of sp³-hybridized carbons (Fsp3) is 0.188. The van der Waals surface area contributed by atoms with E-state index in [9.17, 15) is 9.18 Å². The van der Waals surface area contributed by atoms with E-state index < -0.39 is 5.82 Å². The number of para-hydroxylation sites is 1. The Morgan fingerprint density at radius 3 is 2.67 bits per heavy atom. The van der Waals surface area contributed by atoms with Gasteiger partial charge in [-0.3, -0.25) is 4.79 Å². The highest BCUT2D eigenvalue weighted by molar-refractivity contribution is 6.31. The molecule has 0 radical (unpaired) electrons. The van der Waals surface area contributed by atoms with Crippen molar-refractivity contribution in [3.63, 3.8) is 0 Å². The van der Waals surface area contributed by atoms with E-state index in [4.69, 9.17) is 21.1 Å². The molecule has 0 aromatic heterocycles. The van der Waals surface area contributed by atoms with Crippen LogP contribution in [0.3, 0.4) is 0 Å². The molecule has 5 heteroatoms. The molecular weight excluding hydrogens is 295 g/mol. The third-order valence-electron chi connectivity index (χ3n) is 2.84. The number of benzene rings is 2. The van der Waals surface area contributed by atoms with Crippen LogP contribution in [-0.4, -0.2) is 12.9 Å². The molecule has 0 fully saturated rings. The van der Waals surface area contributed by atoms with Crippen molar-refractivity contribution in [2.45, 2.75) is 13.5 Å². The van der Waals surface area contributed by atoms with E-state index in [1.807, 2.05) is 6.92 Å². The molecular formula is C16H14ClFO3.